The predicted octanol–water partition coefficient (Wildman–Crippen LogP) is 1.88. The number of carbonyl (C=O) groups excluding carboxylic acids is 2. The molecule has 4 heteroatoms. The highest BCUT2D eigenvalue weighted by molar-refractivity contribution is 5.90. The van der Waals surface area contributed by atoms with Gasteiger partial charge < -0.3 is 10.1 Å². The molecule has 0 spiro atoms. The first-order chi connectivity index (χ1) is 6.73. The molecule has 86 valence electrons. The first-order valence-electron chi connectivity index (χ1n) is 5.23. The van der Waals surface area contributed by atoms with Crippen LogP contribution in [0.15, 0.2) is 0 Å². The van der Waals surface area contributed by atoms with E-state index in [1.165, 1.54) is 0 Å². The van der Waals surface area contributed by atoms with Gasteiger partial charge >= 0.3 is 6.09 Å². The summed E-state index contributed by atoms with van der Waals surface area (Å²) in [6, 6.07) is 0. The zero-order valence-corrected chi connectivity index (χ0v) is 9.85. The predicted molar refractivity (Wildman–Crippen MR) is 56.6 cm³/mol. The van der Waals surface area contributed by atoms with Crippen LogP contribution in [0.25, 0.3) is 0 Å². The Hall–Kier alpha value is -1.06. The molecule has 0 bridgehead atoms. The van der Waals surface area contributed by atoms with Crippen LogP contribution < -0.4 is 5.32 Å². The summed E-state index contributed by atoms with van der Waals surface area (Å²) in [5, 5.41) is 2.63. The Morgan fingerprint density at radius 3 is 2.47 bits per heavy atom. The van der Waals surface area contributed by atoms with Gasteiger partial charge in [0.2, 0.25) is 0 Å². The van der Waals surface area contributed by atoms with Crippen LogP contribution >= 0.6 is 0 Å². The van der Waals surface area contributed by atoms with Crippen molar-refractivity contribution in [2.75, 3.05) is 6.54 Å². The largest absolute Gasteiger partial charge is 0.444 e. The minimum atomic E-state index is -0.491. The second-order valence-electron chi connectivity index (χ2n) is 5.34. The van der Waals surface area contributed by atoms with E-state index in [0.717, 1.165) is 6.42 Å². The van der Waals surface area contributed by atoms with Crippen LogP contribution in [-0.2, 0) is 9.53 Å². The highest BCUT2D eigenvalue weighted by Crippen LogP contribution is 2.35. The average Bonchev–Trinajstić information content (AvgIpc) is 2.09. The third-order valence-corrected chi connectivity index (χ3v) is 2.60. The zero-order chi connectivity index (χ0) is 11.7. The lowest BCUT2D eigenvalue weighted by Gasteiger charge is -2.36. The van der Waals surface area contributed by atoms with Gasteiger partial charge in [-0.3, -0.25) is 4.79 Å². The molecule has 0 aromatic rings. The average molecular weight is 213 g/mol. The van der Waals surface area contributed by atoms with Gasteiger partial charge in [0.1, 0.15) is 11.4 Å². The number of alkyl carbamates (subject to hydrolysis) is 1. The van der Waals surface area contributed by atoms with Crippen LogP contribution in [0, 0.1) is 5.41 Å². The Morgan fingerprint density at radius 2 is 2.13 bits per heavy atom. The summed E-state index contributed by atoms with van der Waals surface area (Å²) in [6.45, 7) is 7.67. The quantitative estimate of drug-likeness (QED) is 0.762. The number of carbonyl (C=O) groups is 2. The van der Waals surface area contributed by atoms with Crippen LogP contribution in [0.2, 0.25) is 0 Å². The molecule has 1 fully saturated rings. The van der Waals surface area contributed by atoms with Crippen LogP contribution in [0.3, 0.4) is 0 Å². The van der Waals surface area contributed by atoms with Crippen LogP contribution in [0.1, 0.15) is 40.5 Å². The molecular weight excluding hydrogens is 194 g/mol. The monoisotopic (exact) mass is 213 g/mol. The summed E-state index contributed by atoms with van der Waals surface area (Å²) < 4.78 is 5.08. The Bertz CT molecular complexity index is 280. The molecule has 1 N–H and O–H groups in total. The Kier molecular flexibility index (Phi) is 3.07. The van der Waals surface area contributed by atoms with E-state index in [4.69, 9.17) is 4.74 Å². The SMILES string of the molecule is CC(C)(C)OC(=O)NCC1(C)CCC1=O. The maximum atomic E-state index is 11.3. The van der Waals surface area contributed by atoms with Crippen molar-refractivity contribution >= 4 is 11.9 Å². The summed E-state index contributed by atoms with van der Waals surface area (Å²) in [6.07, 6.45) is 1.03. The molecule has 4 nitrogen and oxygen atoms in total. The van der Waals surface area contributed by atoms with Gasteiger partial charge in [-0.1, -0.05) is 6.92 Å². The summed E-state index contributed by atoms with van der Waals surface area (Å²) in [5.41, 5.74) is -0.856. The Labute approximate surface area is 90.4 Å². The van der Waals surface area contributed by atoms with Crippen molar-refractivity contribution in [3.8, 4) is 0 Å². The standard InChI is InChI=1S/C11H19NO3/c1-10(2,3)15-9(14)12-7-11(4)6-5-8(11)13/h5-7H2,1-4H3,(H,12,14). The fraction of sp³-hybridized carbons (Fsp3) is 0.818. The molecule has 1 rings (SSSR count). The zero-order valence-electron chi connectivity index (χ0n) is 9.85. The molecule has 1 amide bonds. The second-order valence-corrected chi connectivity index (χ2v) is 5.34. The fourth-order valence-corrected chi connectivity index (χ4v) is 1.42. The number of hydrogen-bond acceptors (Lipinski definition) is 3. The van der Waals surface area contributed by atoms with Gasteiger partial charge in [-0.25, -0.2) is 4.79 Å². The highest BCUT2D eigenvalue weighted by Gasteiger charge is 2.41. The molecule has 15 heavy (non-hydrogen) atoms. The van der Waals surface area contributed by atoms with Crippen molar-refractivity contribution < 1.29 is 14.3 Å². The van der Waals surface area contributed by atoms with Crippen molar-refractivity contribution in [1.82, 2.24) is 5.32 Å². The van der Waals surface area contributed by atoms with E-state index < -0.39 is 11.7 Å². The van der Waals surface area contributed by atoms with Crippen molar-refractivity contribution in [2.45, 2.75) is 46.1 Å². The third kappa shape index (κ3) is 3.22. The van der Waals surface area contributed by atoms with Crippen molar-refractivity contribution in [3.63, 3.8) is 0 Å². The summed E-state index contributed by atoms with van der Waals surface area (Å²) in [4.78, 5) is 22.6. The van der Waals surface area contributed by atoms with Crippen molar-refractivity contribution in [2.24, 2.45) is 5.41 Å². The van der Waals surface area contributed by atoms with Crippen LogP contribution in [0.4, 0.5) is 4.79 Å². The number of ketones is 1. The van der Waals surface area contributed by atoms with Crippen LogP contribution in [-0.4, -0.2) is 24.0 Å². The van der Waals surface area contributed by atoms with Crippen molar-refractivity contribution in [1.29, 1.82) is 0 Å². The smallest absolute Gasteiger partial charge is 0.407 e. The number of Topliss-reactive ketones (excluding diaryl/α,β-unsaturated/α-hetero) is 1. The van der Waals surface area contributed by atoms with Crippen LogP contribution in [0.5, 0.6) is 0 Å². The summed E-state index contributed by atoms with van der Waals surface area (Å²) >= 11 is 0. The molecule has 1 saturated carbocycles. The lowest BCUT2D eigenvalue weighted by molar-refractivity contribution is -0.136. The van der Waals surface area contributed by atoms with E-state index in [1.54, 1.807) is 0 Å². The lowest BCUT2D eigenvalue weighted by atomic mass is 9.69. The van der Waals surface area contributed by atoms with Gasteiger partial charge in [0, 0.05) is 18.4 Å². The van der Waals surface area contributed by atoms with Gasteiger partial charge in [-0.05, 0) is 27.2 Å². The molecule has 1 aliphatic carbocycles. The molecule has 1 aliphatic rings. The Balaban J connectivity index is 2.32. The molecule has 1 unspecified atom stereocenters. The number of rotatable bonds is 2. The minimum Gasteiger partial charge on any atom is -0.444 e. The topological polar surface area (TPSA) is 55.4 Å². The summed E-state index contributed by atoms with van der Waals surface area (Å²) in [7, 11) is 0. The van der Waals surface area contributed by atoms with E-state index in [9.17, 15) is 9.59 Å². The van der Waals surface area contributed by atoms with E-state index >= 15 is 0 Å². The highest BCUT2D eigenvalue weighted by atomic mass is 16.6. The first kappa shape index (κ1) is 12.0. The molecule has 0 aromatic carbocycles. The first-order valence-corrected chi connectivity index (χ1v) is 5.23. The molecule has 0 heterocycles. The lowest BCUT2D eigenvalue weighted by Crippen LogP contribution is -2.48. The van der Waals surface area contributed by atoms with E-state index in [2.05, 4.69) is 5.32 Å². The molecular formula is C11H19NO3. The molecule has 1 atom stereocenters. The van der Waals surface area contributed by atoms with E-state index in [0.29, 0.717) is 13.0 Å². The molecule has 0 aromatic heterocycles. The number of ether oxygens (including phenoxy) is 1. The third-order valence-electron chi connectivity index (χ3n) is 2.60. The fourth-order valence-electron chi connectivity index (χ4n) is 1.42. The van der Waals surface area contributed by atoms with E-state index in [1.807, 2.05) is 27.7 Å². The number of hydrogen-bond donors (Lipinski definition) is 1. The molecule has 0 aliphatic heterocycles. The van der Waals surface area contributed by atoms with Gasteiger partial charge in [0.15, 0.2) is 0 Å². The normalized spacial score (nSPS) is 25.7. The van der Waals surface area contributed by atoms with Gasteiger partial charge in [-0.15, -0.1) is 0 Å². The maximum Gasteiger partial charge on any atom is 0.407 e. The van der Waals surface area contributed by atoms with Crippen molar-refractivity contribution in [3.05, 3.63) is 0 Å². The van der Waals surface area contributed by atoms with Gasteiger partial charge in [0.05, 0.1) is 0 Å². The second kappa shape index (κ2) is 3.83. The van der Waals surface area contributed by atoms with E-state index in [-0.39, 0.29) is 11.2 Å². The van der Waals surface area contributed by atoms with Gasteiger partial charge in [-0.2, -0.15) is 0 Å². The minimum absolute atomic E-state index is 0.221. The molecule has 0 saturated heterocycles. The number of nitrogens with one attached hydrogen (secondary N) is 1. The molecule has 0 radical (unpaired) electrons. The van der Waals surface area contributed by atoms with Gasteiger partial charge in [0.25, 0.3) is 0 Å². The maximum absolute atomic E-state index is 11.3. The summed E-state index contributed by atoms with van der Waals surface area (Å²) in [5.74, 6) is 0.221. The Morgan fingerprint density at radius 1 is 1.53 bits per heavy atom. The number of amides is 1.